The molecular formula is C15H21NO4. The Kier molecular flexibility index (Phi) is 4.84. The van der Waals surface area contributed by atoms with Crippen molar-refractivity contribution in [2.75, 3.05) is 13.7 Å². The molecule has 5 nitrogen and oxygen atoms in total. The van der Waals surface area contributed by atoms with E-state index in [0.29, 0.717) is 18.2 Å². The highest BCUT2D eigenvalue weighted by molar-refractivity contribution is 5.80. The minimum absolute atomic E-state index is 0.137. The largest absolute Gasteiger partial charge is 0.497 e. The van der Waals surface area contributed by atoms with Crippen molar-refractivity contribution in [3.05, 3.63) is 24.3 Å². The fourth-order valence-electron chi connectivity index (χ4n) is 2.17. The van der Waals surface area contributed by atoms with E-state index in [-0.39, 0.29) is 12.0 Å². The summed E-state index contributed by atoms with van der Waals surface area (Å²) in [5.41, 5.74) is 0. The molecular weight excluding hydrogens is 258 g/mol. The Balaban J connectivity index is 1.74. The Bertz CT molecular complexity index is 440. The third-order valence-electron chi connectivity index (χ3n) is 3.52. The van der Waals surface area contributed by atoms with Crippen LogP contribution < -0.4 is 14.8 Å². The lowest BCUT2D eigenvalue weighted by atomic mass is 9.82. The summed E-state index contributed by atoms with van der Waals surface area (Å²) in [5, 5.41) is 12.0. The van der Waals surface area contributed by atoms with E-state index in [2.05, 4.69) is 5.32 Å². The highest BCUT2D eigenvalue weighted by Gasteiger charge is 2.27. The topological polar surface area (TPSA) is 67.8 Å². The molecule has 1 aromatic rings. The van der Waals surface area contributed by atoms with Gasteiger partial charge in [-0.25, -0.2) is 0 Å². The van der Waals surface area contributed by atoms with Crippen LogP contribution in [0, 0.1) is 5.92 Å². The molecule has 1 unspecified atom stereocenters. The second-order valence-electron chi connectivity index (χ2n) is 5.17. The molecule has 20 heavy (non-hydrogen) atoms. The second-order valence-corrected chi connectivity index (χ2v) is 5.17. The van der Waals surface area contributed by atoms with E-state index in [0.717, 1.165) is 18.6 Å². The van der Waals surface area contributed by atoms with Gasteiger partial charge in [-0.15, -0.1) is 0 Å². The van der Waals surface area contributed by atoms with Crippen LogP contribution in [0.4, 0.5) is 0 Å². The zero-order valence-corrected chi connectivity index (χ0v) is 11.8. The van der Waals surface area contributed by atoms with Gasteiger partial charge in [0, 0.05) is 6.54 Å². The number of hydrogen-bond acceptors (Lipinski definition) is 4. The molecule has 0 aliphatic heterocycles. The molecule has 1 amide bonds. The standard InChI is InChI=1S/C15H21NO4/c1-10(15(18)16-9-11-7-12(17)8-11)20-14-5-3-13(19-2)4-6-14/h3-6,10-12,17H,7-9H2,1-2H3,(H,16,18). The van der Waals surface area contributed by atoms with E-state index in [4.69, 9.17) is 9.47 Å². The van der Waals surface area contributed by atoms with Gasteiger partial charge in [0.2, 0.25) is 0 Å². The van der Waals surface area contributed by atoms with Crippen molar-refractivity contribution >= 4 is 5.91 Å². The molecule has 0 saturated heterocycles. The van der Waals surface area contributed by atoms with Crippen LogP contribution in [0.1, 0.15) is 19.8 Å². The average molecular weight is 279 g/mol. The van der Waals surface area contributed by atoms with Crippen molar-refractivity contribution < 1.29 is 19.4 Å². The number of methoxy groups -OCH3 is 1. The number of benzene rings is 1. The van der Waals surface area contributed by atoms with Gasteiger partial charge in [-0.05, 0) is 49.9 Å². The molecule has 0 aromatic heterocycles. The van der Waals surface area contributed by atoms with Gasteiger partial charge >= 0.3 is 0 Å². The van der Waals surface area contributed by atoms with Gasteiger partial charge in [-0.1, -0.05) is 0 Å². The summed E-state index contributed by atoms with van der Waals surface area (Å²) in [6.07, 6.45) is 0.806. The van der Waals surface area contributed by atoms with Crippen LogP contribution in [0.2, 0.25) is 0 Å². The first-order valence-corrected chi connectivity index (χ1v) is 6.85. The zero-order valence-electron chi connectivity index (χ0n) is 11.8. The summed E-state index contributed by atoms with van der Waals surface area (Å²) in [6, 6.07) is 7.11. The fourth-order valence-corrected chi connectivity index (χ4v) is 2.17. The number of rotatable bonds is 6. The highest BCUT2D eigenvalue weighted by Crippen LogP contribution is 2.26. The van der Waals surface area contributed by atoms with Gasteiger partial charge in [0.1, 0.15) is 11.5 Å². The monoisotopic (exact) mass is 279 g/mol. The summed E-state index contributed by atoms with van der Waals surface area (Å²) >= 11 is 0. The lowest BCUT2D eigenvalue weighted by molar-refractivity contribution is -0.127. The quantitative estimate of drug-likeness (QED) is 0.825. The molecule has 2 N–H and O–H groups in total. The lowest BCUT2D eigenvalue weighted by Gasteiger charge is -2.31. The molecule has 1 aliphatic rings. The number of nitrogens with one attached hydrogen (secondary N) is 1. The zero-order chi connectivity index (χ0) is 14.5. The maximum atomic E-state index is 11.9. The first-order chi connectivity index (χ1) is 9.58. The van der Waals surface area contributed by atoms with Crippen molar-refractivity contribution in [1.29, 1.82) is 0 Å². The number of amides is 1. The van der Waals surface area contributed by atoms with E-state index >= 15 is 0 Å². The van der Waals surface area contributed by atoms with Crippen molar-refractivity contribution in [3.8, 4) is 11.5 Å². The Hall–Kier alpha value is -1.75. The summed E-state index contributed by atoms with van der Waals surface area (Å²) in [6.45, 7) is 2.32. The van der Waals surface area contributed by atoms with Crippen LogP contribution in [0.15, 0.2) is 24.3 Å². The van der Waals surface area contributed by atoms with Crippen LogP contribution in [-0.4, -0.2) is 36.9 Å². The molecule has 110 valence electrons. The van der Waals surface area contributed by atoms with Crippen LogP contribution in [-0.2, 0) is 4.79 Å². The summed E-state index contributed by atoms with van der Waals surface area (Å²) in [7, 11) is 1.60. The Morgan fingerprint density at radius 1 is 1.35 bits per heavy atom. The van der Waals surface area contributed by atoms with E-state index < -0.39 is 6.10 Å². The Morgan fingerprint density at radius 3 is 2.50 bits per heavy atom. The summed E-state index contributed by atoms with van der Waals surface area (Å²) in [5.74, 6) is 1.63. The van der Waals surface area contributed by atoms with Crippen molar-refractivity contribution in [2.45, 2.75) is 32.0 Å². The van der Waals surface area contributed by atoms with E-state index in [1.807, 2.05) is 0 Å². The molecule has 5 heteroatoms. The Labute approximate surface area is 118 Å². The molecule has 1 saturated carbocycles. The number of carbonyl (C=O) groups excluding carboxylic acids is 1. The van der Waals surface area contributed by atoms with Crippen molar-refractivity contribution in [2.24, 2.45) is 5.92 Å². The lowest BCUT2D eigenvalue weighted by Crippen LogP contribution is -2.42. The minimum Gasteiger partial charge on any atom is -0.497 e. The predicted octanol–water partition coefficient (Wildman–Crippen LogP) is 1.35. The van der Waals surface area contributed by atoms with Crippen LogP contribution >= 0.6 is 0 Å². The normalized spacial score (nSPS) is 22.6. The molecule has 1 atom stereocenters. The van der Waals surface area contributed by atoms with Gasteiger partial charge in [-0.3, -0.25) is 4.79 Å². The summed E-state index contributed by atoms with van der Waals surface area (Å²) < 4.78 is 10.6. The maximum absolute atomic E-state index is 11.9. The van der Waals surface area contributed by atoms with Gasteiger partial charge in [0.05, 0.1) is 13.2 Å². The second kappa shape index (κ2) is 6.61. The van der Waals surface area contributed by atoms with Gasteiger partial charge in [0.25, 0.3) is 5.91 Å². The molecule has 0 radical (unpaired) electrons. The number of aliphatic hydroxyl groups excluding tert-OH is 1. The SMILES string of the molecule is COc1ccc(OC(C)C(=O)NCC2CC(O)C2)cc1. The minimum atomic E-state index is -0.548. The van der Waals surface area contributed by atoms with Crippen molar-refractivity contribution in [3.63, 3.8) is 0 Å². The smallest absolute Gasteiger partial charge is 0.260 e. The van der Waals surface area contributed by atoms with Crippen LogP contribution in [0.25, 0.3) is 0 Å². The molecule has 2 rings (SSSR count). The number of aliphatic hydroxyl groups is 1. The molecule has 1 fully saturated rings. The van der Waals surface area contributed by atoms with Gasteiger partial charge in [-0.2, -0.15) is 0 Å². The highest BCUT2D eigenvalue weighted by atomic mass is 16.5. The summed E-state index contributed by atoms with van der Waals surface area (Å²) in [4.78, 5) is 11.9. The first kappa shape index (κ1) is 14.7. The Morgan fingerprint density at radius 2 is 1.95 bits per heavy atom. The third-order valence-corrected chi connectivity index (χ3v) is 3.52. The van der Waals surface area contributed by atoms with Gasteiger partial charge in [0.15, 0.2) is 6.10 Å². The molecule has 0 bridgehead atoms. The molecule has 1 aliphatic carbocycles. The number of ether oxygens (including phenoxy) is 2. The van der Waals surface area contributed by atoms with E-state index in [9.17, 15) is 9.90 Å². The molecule has 0 heterocycles. The molecule has 0 spiro atoms. The van der Waals surface area contributed by atoms with E-state index in [1.54, 1.807) is 38.3 Å². The predicted molar refractivity (Wildman–Crippen MR) is 74.8 cm³/mol. The van der Waals surface area contributed by atoms with Crippen LogP contribution in [0.5, 0.6) is 11.5 Å². The number of hydrogen-bond donors (Lipinski definition) is 2. The van der Waals surface area contributed by atoms with Crippen LogP contribution in [0.3, 0.4) is 0 Å². The van der Waals surface area contributed by atoms with Crippen molar-refractivity contribution in [1.82, 2.24) is 5.32 Å². The maximum Gasteiger partial charge on any atom is 0.260 e. The molecule has 1 aromatic carbocycles. The van der Waals surface area contributed by atoms with Gasteiger partial charge < -0.3 is 19.9 Å². The fraction of sp³-hybridized carbons (Fsp3) is 0.533. The number of carbonyl (C=O) groups is 1. The first-order valence-electron chi connectivity index (χ1n) is 6.85. The van der Waals surface area contributed by atoms with E-state index in [1.165, 1.54) is 0 Å². The average Bonchev–Trinajstić information content (AvgIpc) is 2.42. The third kappa shape index (κ3) is 3.87.